The number of hydrogen-bond donors (Lipinski definition) is 0. The molecular weight excluding hydrogens is 334 g/mol. The van der Waals surface area contributed by atoms with Gasteiger partial charge in [-0.15, -0.1) is 0 Å². The van der Waals surface area contributed by atoms with Gasteiger partial charge in [0.05, 0.1) is 12.0 Å². The van der Waals surface area contributed by atoms with E-state index in [1.165, 1.54) is 22.9 Å². The summed E-state index contributed by atoms with van der Waals surface area (Å²) in [5, 5.41) is 0.670. The zero-order chi connectivity index (χ0) is 17.4. The van der Waals surface area contributed by atoms with Crippen LogP contribution in [0.2, 0.25) is 5.02 Å². The third-order valence-corrected chi connectivity index (χ3v) is 3.92. The highest BCUT2D eigenvalue weighted by Gasteiger charge is 2.21. The molecule has 2 aromatic heterocycles. The topological polar surface area (TPSA) is 78.5 Å². The highest BCUT2D eigenvalue weighted by atomic mass is 35.5. The molecule has 0 saturated carbocycles. The molecule has 0 atom stereocenters. The zero-order valence-electron chi connectivity index (χ0n) is 13.1. The van der Waals surface area contributed by atoms with Crippen LogP contribution in [0.4, 0.5) is 0 Å². The molecule has 0 radical (unpaired) electrons. The Balaban J connectivity index is 2.49. The van der Waals surface area contributed by atoms with Gasteiger partial charge in [-0.1, -0.05) is 11.6 Å². The lowest BCUT2D eigenvalue weighted by atomic mass is 10.1. The van der Waals surface area contributed by atoms with Crippen molar-refractivity contribution in [2.45, 2.75) is 20.4 Å². The number of fused-ring (bicyclic) bond motifs is 2. The van der Waals surface area contributed by atoms with Crippen LogP contribution in [-0.2, 0) is 11.3 Å². The molecule has 0 aliphatic heterocycles. The lowest BCUT2D eigenvalue weighted by Gasteiger charge is -2.11. The Hall–Kier alpha value is -2.60. The molecule has 0 fully saturated rings. The van der Waals surface area contributed by atoms with E-state index < -0.39 is 11.4 Å². The van der Waals surface area contributed by atoms with E-state index in [0.29, 0.717) is 11.6 Å². The Morgan fingerprint density at radius 1 is 1.25 bits per heavy atom. The van der Waals surface area contributed by atoms with Crippen molar-refractivity contribution < 1.29 is 13.9 Å². The maximum Gasteiger partial charge on any atom is 0.343 e. The summed E-state index contributed by atoms with van der Waals surface area (Å²) in [6.07, 6.45) is 1.33. The summed E-state index contributed by atoms with van der Waals surface area (Å²) in [4.78, 5) is 37.4. The molecule has 2 heterocycles. The largest absolute Gasteiger partial charge is 0.462 e. The van der Waals surface area contributed by atoms with Gasteiger partial charge in [0.25, 0.3) is 0 Å². The Kier molecular flexibility index (Phi) is 4.15. The number of carbonyl (C=O) groups excluding carboxylic acids is 1. The first-order valence-corrected chi connectivity index (χ1v) is 7.82. The van der Waals surface area contributed by atoms with E-state index in [2.05, 4.69) is 0 Å². The average molecular weight is 348 g/mol. The number of esters is 1. The Labute approximate surface area is 141 Å². The minimum Gasteiger partial charge on any atom is -0.462 e. The fraction of sp³-hybridized carbons (Fsp3) is 0.235. The van der Waals surface area contributed by atoms with Gasteiger partial charge >= 0.3 is 5.97 Å². The quantitative estimate of drug-likeness (QED) is 0.537. The van der Waals surface area contributed by atoms with E-state index in [1.807, 2.05) is 0 Å². The van der Waals surface area contributed by atoms with Crippen molar-refractivity contribution in [3.8, 4) is 0 Å². The molecule has 0 aliphatic rings. The molecule has 0 bridgehead atoms. The highest BCUT2D eigenvalue weighted by molar-refractivity contribution is 6.31. The number of hydrogen-bond acceptors (Lipinski definition) is 5. The van der Waals surface area contributed by atoms with Gasteiger partial charge < -0.3 is 13.7 Å². The minimum absolute atomic E-state index is 0.102. The standard InChI is InChI=1S/C17H14ClNO5/c1-3-19-8-11(17(22)23-4-2)15(21)16-13(19)14(20)10-7-9(18)5-6-12(10)24-16/h5-8H,3-4H2,1-2H3. The SMILES string of the molecule is CCOC(=O)c1cn(CC)c2c(=O)c3cc(Cl)ccc3oc2c1=O. The number of nitrogens with zero attached hydrogens (tertiary/aromatic N) is 1. The monoisotopic (exact) mass is 347 g/mol. The minimum atomic E-state index is -0.745. The molecule has 1 aromatic carbocycles. The Morgan fingerprint density at radius 2 is 2.00 bits per heavy atom. The lowest BCUT2D eigenvalue weighted by Crippen LogP contribution is -2.24. The van der Waals surface area contributed by atoms with Crippen LogP contribution >= 0.6 is 11.6 Å². The summed E-state index contributed by atoms with van der Waals surface area (Å²) in [6, 6.07) is 4.57. The van der Waals surface area contributed by atoms with Gasteiger partial charge in [-0.25, -0.2) is 4.79 Å². The molecule has 0 N–H and O–H groups in total. The molecule has 124 valence electrons. The fourth-order valence-corrected chi connectivity index (χ4v) is 2.75. The van der Waals surface area contributed by atoms with E-state index in [-0.39, 0.29) is 39.7 Å². The average Bonchev–Trinajstić information content (AvgIpc) is 2.56. The third-order valence-electron chi connectivity index (χ3n) is 3.69. The number of aromatic nitrogens is 1. The number of carbonyl (C=O) groups is 1. The number of ether oxygens (including phenoxy) is 1. The van der Waals surface area contributed by atoms with Crippen LogP contribution < -0.4 is 10.9 Å². The van der Waals surface area contributed by atoms with Gasteiger partial charge in [-0.05, 0) is 32.0 Å². The first-order chi connectivity index (χ1) is 11.5. The first-order valence-electron chi connectivity index (χ1n) is 7.44. The molecule has 0 amide bonds. The second-order valence-corrected chi connectivity index (χ2v) is 5.56. The van der Waals surface area contributed by atoms with Crippen LogP contribution in [-0.4, -0.2) is 17.1 Å². The number of pyridine rings is 1. The smallest absolute Gasteiger partial charge is 0.343 e. The molecule has 3 aromatic rings. The molecular formula is C17H14ClNO5. The Morgan fingerprint density at radius 3 is 2.67 bits per heavy atom. The fourth-order valence-electron chi connectivity index (χ4n) is 2.58. The van der Waals surface area contributed by atoms with Crippen LogP contribution in [0.1, 0.15) is 24.2 Å². The van der Waals surface area contributed by atoms with E-state index in [4.69, 9.17) is 20.8 Å². The maximum atomic E-state index is 12.8. The molecule has 3 rings (SSSR count). The van der Waals surface area contributed by atoms with Crippen molar-refractivity contribution in [2.24, 2.45) is 0 Å². The van der Waals surface area contributed by atoms with Crippen LogP contribution in [0.3, 0.4) is 0 Å². The predicted molar refractivity (Wildman–Crippen MR) is 90.9 cm³/mol. The van der Waals surface area contributed by atoms with Crippen molar-refractivity contribution in [1.29, 1.82) is 0 Å². The second-order valence-electron chi connectivity index (χ2n) is 5.13. The van der Waals surface area contributed by atoms with Crippen molar-refractivity contribution >= 4 is 39.6 Å². The van der Waals surface area contributed by atoms with Gasteiger partial charge in [-0.3, -0.25) is 9.59 Å². The van der Waals surface area contributed by atoms with Gasteiger partial charge in [0.1, 0.15) is 16.7 Å². The summed E-state index contributed by atoms with van der Waals surface area (Å²) in [5.41, 5.74) is -1.03. The summed E-state index contributed by atoms with van der Waals surface area (Å²) in [7, 11) is 0. The van der Waals surface area contributed by atoms with Crippen molar-refractivity contribution in [1.82, 2.24) is 4.57 Å². The zero-order valence-corrected chi connectivity index (χ0v) is 13.8. The summed E-state index contributed by atoms with van der Waals surface area (Å²) in [6.45, 7) is 3.96. The molecule has 0 unspecified atom stereocenters. The van der Waals surface area contributed by atoms with E-state index in [1.54, 1.807) is 19.9 Å². The van der Waals surface area contributed by atoms with E-state index >= 15 is 0 Å². The number of halogens is 1. The van der Waals surface area contributed by atoms with Crippen molar-refractivity contribution in [3.63, 3.8) is 0 Å². The number of aryl methyl sites for hydroxylation is 1. The van der Waals surface area contributed by atoms with Crippen LogP contribution in [0, 0.1) is 0 Å². The van der Waals surface area contributed by atoms with Crippen LogP contribution in [0.5, 0.6) is 0 Å². The summed E-state index contributed by atoms with van der Waals surface area (Å²) >= 11 is 5.94. The summed E-state index contributed by atoms with van der Waals surface area (Å²) < 4.78 is 12.0. The number of benzene rings is 1. The third kappa shape index (κ3) is 2.49. The molecule has 0 spiro atoms. The number of rotatable bonds is 3. The second kappa shape index (κ2) is 6.13. The molecule has 0 aliphatic carbocycles. The summed E-state index contributed by atoms with van der Waals surface area (Å²) in [5.74, 6) is -0.745. The normalized spacial score (nSPS) is 11.1. The molecule has 7 heteroatoms. The highest BCUT2D eigenvalue weighted by Crippen LogP contribution is 2.20. The van der Waals surface area contributed by atoms with Crippen molar-refractivity contribution in [3.05, 3.63) is 55.4 Å². The van der Waals surface area contributed by atoms with Crippen LogP contribution in [0.25, 0.3) is 22.1 Å². The van der Waals surface area contributed by atoms with E-state index in [9.17, 15) is 14.4 Å². The predicted octanol–water partition coefficient (Wildman–Crippen LogP) is 2.96. The Bertz CT molecular complexity index is 1080. The van der Waals surface area contributed by atoms with Gasteiger partial charge in [0.2, 0.25) is 16.4 Å². The molecule has 0 saturated heterocycles. The van der Waals surface area contributed by atoms with Crippen molar-refractivity contribution in [2.75, 3.05) is 6.61 Å². The van der Waals surface area contributed by atoms with Gasteiger partial charge in [-0.2, -0.15) is 0 Å². The van der Waals surface area contributed by atoms with Crippen LogP contribution in [0.15, 0.2) is 38.4 Å². The van der Waals surface area contributed by atoms with Gasteiger partial charge in [0, 0.05) is 17.8 Å². The lowest BCUT2D eigenvalue weighted by molar-refractivity contribution is 0.0524. The maximum absolute atomic E-state index is 12.8. The molecule has 6 nitrogen and oxygen atoms in total. The van der Waals surface area contributed by atoms with Gasteiger partial charge in [0.15, 0.2) is 0 Å². The first kappa shape index (κ1) is 16.3. The molecule has 24 heavy (non-hydrogen) atoms. The van der Waals surface area contributed by atoms with E-state index in [0.717, 1.165) is 0 Å².